The summed E-state index contributed by atoms with van der Waals surface area (Å²) in [5, 5.41) is 0. The molecule has 2 aliphatic rings. The molecule has 1 aliphatic heterocycles. The molecule has 1 amide bonds. The summed E-state index contributed by atoms with van der Waals surface area (Å²) in [5.41, 5.74) is 5.75. The van der Waals surface area contributed by atoms with E-state index in [4.69, 9.17) is 5.73 Å². The Morgan fingerprint density at radius 2 is 2.00 bits per heavy atom. The first-order chi connectivity index (χ1) is 7.31. The molecule has 1 aliphatic carbocycles. The number of carbonyl (C=O) groups excluding carboxylic acids is 1. The van der Waals surface area contributed by atoms with E-state index in [1.807, 2.05) is 0 Å². The highest BCUT2D eigenvalue weighted by atomic mass is 16.2. The zero-order valence-corrected chi connectivity index (χ0v) is 9.45. The monoisotopic (exact) mass is 210 g/mol. The molecule has 0 aromatic carbocycles. The van der Waals surface area contributed by atoms with E-state index in [9.17, 15) is 4.79 Å². The molecule has 0 aromatic rings. The Bertz CT molecular complexity index is 226. The minimum Gasteiger partial charge on any atom is -0.338 e. The van der Waals surface area contributed by atoms with Gasteiger partial charge >= 0.3 is 0 Å². The van der Waals surface area contributed by atoms with Gasteiger partial charge < -0.3 is 10.6 Å². The Balaban J connectivity index is 1.91. The molecule has 3 nitrogen and oxygen atoms in total. The largest absolute Gasteiger partial charge is 0.338 e. The van der Waals surface area contributed by atoms with Crippen LogP contribution < -0.4 is 5.73 Å². The molecular formula is C12H22N2O. The third-order valence-electron chi connectivity index (χ3n) is 3.63. The number of nitrogens with two attached hydrogens (primary N) is 1. The molecule has 1 atom stereocenters. The summed E-state index contributed by atoms with van der Waals surface area (Å²) in [6.07, 6.45) is 8.04. The second-order valence-electron chi connectivity index (χ2n) is 4.97. The predicted molar refractivity (Wildman–Crippen MR) is 60.4 cm³/mol. The Morgan fingerprint density at radius 1 is 1.20 bits per heavy atom. The summed E-state index contributed by atoms with van der Waals surface area (Å²) in [6.45, 7) is 1.57. The molecule has 15 heavy (non-hydrogen) atoms. The van der Waals surface area contributed by atoms with Gasteiger partial charge in [-0.1, -0.05) is 12.8 Å². The topological polar surface area (TPSA) is 46.3 Å². The van der Waals surface area contributed by atoms with Crippen molar-refractivity contribution in [2.75, 3.05) is 13.1 Å². The molecule has 2 fully saturated rings. The maximum atomic E-state index is 12.0. The molecule has 0 bridgehead atoms. The molecule has 1 unspecified atom stereocenters. The Morgan fingerprint density at radius 3 is 2.67 bits per heavy atom. The van der Waals surface area contributed by atoms with E-state index >= 15 is 0 Å². The van der Waals surface area contributed by atoms with Crippen LogP contribution in [-0.2, 0) is 4.79 Å². The maximum absolute atomic E-state index is 12.0. The molecule has 0 aromatic heterocycles. The predicted octanol–water partition coefficient (Wildman–Crippen LogP) is 1.52. The van der Waals surface area contributed by atoms with Gasteiger partial charge in [0.1, 0.15) is 0 Å². The summed E-state index contributed by atoms with van der Waals surface area (Å²) in [7, 11) is 0. The summed E-state index contributed by atoms with van der Waals surface area (Å²) < 4.78 is 0. The molecule has 0 radical (unpaired) electrons. The van der Waals surface area contributed by atoms with E-state index in [2.05, 4.69) is 4.90 Å². The molecule has 1 saturated heterocycles. The number of hydrogen-bond acceptors (Lipinski definition) is 2. The first-order valence-electron chi connectivity index (χ1n) is 6.31. The van der Waals surface area contributed by atoms with Crippen LogP contribution in [0.3, 0.4) is 0 Å². The van der Waals surface area contributed by atoms with Gasteiger partial charge in [0.15, 0.2) is 0 Å². The molecule has 0 spiro atoms. The van der Waals surface area contributed by atoms with Crippen LogP contribution in [0.15, 0.2) is 0 Å². The van der Waals surface area contributed by atoms with Crippen molar-refractivity contribution >= 4 is 5.91 Å². The molecule has 1 saturated carbocycles. The normalized spacial score (nSPS) is 27.5. The van der Waals surface area contributed by atoms with Crippen molar-refractivity contribution in [2.24, 2.45) is 11.7 Å². The highest BCUT2D eigenvalue weighted by Gasteiger charge is 2.30. The number of likely N-dealkylation sites (tertiary alicyclic amines) is 1. The van der Waals surface area contributed by atoms with Crippen molar-refractivity contribution in [1.29, 1.82) is 0 Å². The molecule has 3 heteroatoms. The van der Waals surface area contributed by atoms with Crippen LogP contribution in [0, 0.1) is 5.92 Å². The Hall–Kier alpha value is -0.570. The lowest BCUT2D eigenvalue weighted by Crippen LogP contribution is -2.44. The van der Waals surface area contributed by atoms with Crippen molar-refractivity contribution in [2.45, 2.75) is 51.0 Å². The van der Waals surface area contributed by atoms with Crippen LogP contribution in [0.25, 0.3) is 0 Å². The fourth-order valence-electron chi connectivity index (χ4n) is 2.44. The van der Waals surface area contributed by atoms with Crippen molar-refractivity contribution in [3.05, 3.63) is 0 Å². The van der Waals surface area contributed by atoms with Gasteiger partial charge in [-0.3, -0.25) is 4.79 Å². The molecular weight excluding hydrogens is 188 g/mol. The minimum atomic E-state index is 0.318. The smallest absolute Gasteiger partial charge is 0.223 e. The third kappa shape index (κ3) is 2.94. The lowest BCUT2D eigenvalue weighted by atomic mass is 10.1. The Labute approximate surface area is 92.0 Å². The standard InChI is InChI=1S/C12H22N2O/c13-9-11-4-2-1-3-7-14(11)12(15)8-10-5-6-10/h10-11H,1-9,13H2. The molecule has 2 rings (SSSR count). The Kier molecular flexibility index (Phi) is 3.62. The lowest BCUT2D eigenvalue weighted by Gasteiger charge is -2.29. The lowest BCUT2D eigenvalue weighted by molar-refractivity contribution is -0.133. The van der Waals surface area contributed by atoms with Crippen molar-refractivity contribution in [3.63, 3.8) is 0 Å². The number of amides is 1. The van der Waals surface area contributed by atoms with E-state index in [0.717, 1.165) is 25.8 Å². The summed E-state index contributed by atoms with van der Waals surface area (Å²) >= 11 is 0. The van der Waals surface area contributed by atoms with E-state index in [-0.39, 0.29) is 0 Å². The third-order valence-corrected chi connectivity index (χ3v) is 3.63. The highest BCUT2D eigenvalue weighted by molar-refractivity contribution is 5.77. The second-order valence-corrected chi connectivity index (χ2v) is 4.97. The summed E-state index contributed by atoms with van der Waals surface area (Å²) in [4.78, 5) is 14.1. The average molecular weight is 210 g/mol. The van der Waals surface area contributed by atoms with Gasteiger partial charge in [-0.25, -0.2) is 0 Å². The van der Waals surface area contributed by atoms with Crippen molar-refractivity contribution in [1.82, 2.24) is 4.90 Å². The first-order valence-corrected chi connectivity index (χ1v) is 6.31. The van der Waals surface area contributed by atoms with Gasteiger partial charge in [0, 0.05) is 25.6 Å². The van der Waals surface area contributed by atoms with Gasteiger partial charge in [-0.05, 0) is 31.6 Å². The maximum Gasteiger partial charge on any atom is 0.223 e. The quantitative estimate of drug-likeness (QED) is 0.767. The minimum absolute atomic E-state index is 0.318. The van der Waals surface area contributed by atoms with Crippen LogP contribution in [0.2, 0.25) is 0 Å². The fourth-order valence-corrected chi connectivity index (χ4v) is 2.44. The molecule has 2 N–H and O–H groups in total. The number of hydrogen-bond donors (Lipinski definition) is 1. The van der Waals surface area contributed by atoms with Crippen LogP contribution >= 0.6 is 0 Å². The highest BCUT2D eigenvalue weighted by Crippen LogP contribution is 2.33. The number of carbonyl (C=O) groups is 1. The van der Waals surface area contributed by atoms with E-state index in [0.29, 0.717) is 24.4 Å². The van der Waals surface area contributed by atoms with Crippen LogP contribution in [0.5, 0.6) is 0 Å². The zero-order valence-electron chi connectivity index (χ0n) is 9.45. The summed E-state index contributed by atoms with van der Waals surface area (Å²) in [6, 6.07) is 0.318. The van der Waals surface area contributed by atoms with Crippen molar-refractivity contribution < 1.29 is 4.79 Å². The van der Waals surface area contributed by atoms with Gasteiger partial charge in [-0.2, -0.15) is 0 Å². The van der Waals surface area contributed by atoms with E-state index < -0.39 is 0 Å². The zero-order chi connectivity index (χ0) is 10.7. The molecule has 1 heterocycles. The van der Waals surface area contributed by atoms with Crippen LogP contribution in [0.4, 0.5) is 0 Å². The van der Waals surface area contributed by atoms with Crippen LogP contribution in [0.1, 0.15) is 44.9 Å². The van der Waals surface area contributed by atoms with Crippen LogP contribution in [-0.4, -0.2) is 29.9 Å². The number of nitrogens with zero attached hydrogens (tertiary/aromatic N) is 1. The fraction of sp³-hybridized carbons (Fsp3) is 0.917. The van der Waals surface area contributed by atoms with Gasteiger partial charge in [-0.15, -0.1) is 0 Å². The first kappa shape index (κ1) is 10.9. The second kappa shape index (κ2) is 4.97. The van der Waals surface area contributed by atoms with E-state index in [1.165, 1.54) is 25.7 Å². The average Bonchev–Trinajstić information content (AvgIpc) is 3.02. The SMILES string of the molecule is NCC1CCCCCN1C(=O)CC1CC1. The van der Waals surface area contributed by atoms with Crippen molar-refractivity contribution in [3.8, 4) is 0 Å². The van der Waals surface area contributed by atoms with Gasteiger partial charge in [0.05, 0.1) is 0 Å². The van der Waals surface area contributed by atoms with Gasteiger partial charge in [0.2, 0.25) is 5.91 Å². The number of rotatable bonds is 3. The van der Waals surface area contributed by atoms with E-state index in [1.54, 1.807) is 0 Å². The molecule has 86 valence electrons. The summed E-state index contributed by atoms with van der Waals surface area (Å²) in [5.74, 6) is 1.05. The van der Waals surface area contributed by atoms with Gasteiger partial charge in [0.25, 0.3) is 0 Å².